The summed E-state index contributed by atoms with van der Waals surface area (Å²) in [4.78, 5) is 127. The number of carboxylic acid groups (broad SMARTS) is 3. The van der Waals surface area contributed by atoms with Crippen molar-refractivity contribution in [3.05, 3.63) is 35.9 Å². The Hall–Kier alpha value is -6.20. The van der Waals surface area contributed by atoms with Crippen LogP contribution in [0, 0.1) is 11.8 Å². The van der Waals surface area contributed by atoms with Crippen LogP contribution in [0.15, 0.2) is 30.3 Å². The van der Waals surface area contributed by atoms with E-state index >= 15 is 0 Å². The van der Waals surface area contributed by atoms with Crippen LogP contribution in [0.3, 0.4) is 0 Å². The van der Waals surface area contributed by atoms with Crippen LogP contribution in [0.4, 0.5) is 0 Å². The van der Waals surface area contributed by atoms with Crippen molar-refractivity contribution in [1.82, 2.24) is 37.2 Å². The maximum Gasteiger partial charge on any atom is 0.326 e. The zero-order chi connectivity index (χ0) is 48.5. The standard InChI is InChI=1S/C41H65N9O14/c1-22(2)16-25(43)35(57)46-27(13-14-33(53)54)38(60)49-29(19-34(55)56)36(58)44-20-32(52)45-31(21-51)40(62)47-26(12-8-9-15-42)37(59)48-28(18-24-10-6-5-7-11-24)39(61)50-30(41(63)64)17-23(3)4/h5-7,10-11,22-23,25-31,51H,8-9,12-21,42-43H2,1-4H3,(H,44,58)(H,45,52)(H,46,57)(H,47,62)(H,48,59)(H,49,60)(H,50,61)(H,53,54)(H,55,56)(H,63,64). The number of unbranched alkanes of at least 4 members (excludes halogenated alkanes) is 1. The summed E-state index contributed by atoms with van der Waals surface area (Å²) in [7, 11) is 0. The van der Waals surface area contributed by atoms with Gasteiger partial charge in [-0.1, -0.05) is 58.0 Å². The van der Waals surface area contributed by atoms with Crippen LogP contribution in [0.5, 0.6) is 0 Å². The molecule has 23 heteroatoms. The molecule has 0 saturated heterocycles. The summed E-state index contributed by atoms with van der Waals surface area (Å²) in [5.41, 5.74) is 12.1. The molecule has 0 bridgehead atoms. The van der Waals surface area contributed by atoms with Crippen molar-refractivity contribution in [2.75, 3.05) is 19.7 Å². The topological polar surface area (TPSA) is 388 Å². The molecule has 64 heavy (non-hydrogen) atoms. The first-order chi connectivity index (χ1) is 30.1. The zero-order valence-electron chi connectivity index (χ0n) is 36.6. The average molecular weight is 908 g/mol. The SMILES string of the molecule is CC(C)CC(N)C(=O)NC(CCC(=O)O)C(=O)NC(CC(=O)O)C(=O)NCC(=O)NC(CO)C(=O)NC(CCCCN)C(=O)NC(Cc1ccccc1)C(=O)NC(CC(C)C)C(=O)O. The molecule has 7 amide bonds. The van der Waals surface area contributed by atoms with E-state index < -0.39 is 134 Å². The molecule has 1 aromatic carbocycles. The lowest BCUT2D eigenvalue weighted by Gasteiger charge is -2.26. The summed E-state index contributed by atoms with van der Waals surface area (Å²) in [6.07, 6.45) is -1.04. The van der Waals surface area contributed by atoms with Crippen molar-refractivity contribution in [1.29, 1.82) is 0 Å². The van der Waals surface area contributed by atoms with Gasteiger partial charge >= 0.3 is 17.9 Å². The number of aliphatic carboxylic acids is 3. The normalized spacial score (nSPS) is 14.3. The van der Waals surface area contributed by atoms with Crippen LogP contribution in [0.2, 0.25) is 0 Å². The molecule has 15 N–H and O–H groups in total. The molecule has 0 saturated carbocycles. The van der Waals surface area contributed by atoms with Crippen molar-refractivity contribution in [3.8, 4) is 0 Å². The van der Waals surface area contributed by atoms with E-state index in [0.29, 0.717) is 18.4 Å². The minimum atomic E-state index is -1.84. The van der Waals surface area contributed by atoms with Gasteiger partial charge in [0.05, 0.1) is 25.6 Å². The second-order valence-electron chi connectivity index (χ2n) is 16.0. The molecule has 7 unspecified atom stereocenters. The van der Waals surface area contributed by atoms with Gasteiger partial charge in [-0.25, -0.2) is 4.79 Å². The van der Waals surface area contributed by atoms with Crippen LogP contribution in [-0.4, -0.2) is 142 Å². The summed E-state index contributed by atoms with van der Waals surface area (Å²) >= 11 is 0. The molecule has 7 atom stereocenters. The molecule has 0 aromatic heterocycles. The molecular weight excluding hydrogens is 842 g/mol. The van der Waals surface area contributed by atoms with E-state index in [9.17, 15) is 63.3 Å². The van der Waals surface area contributed by atoms with E-state index in [1.165, 1.54) is 0 Å². The molecule has 1 aromatic rings. The number of nitrogens with two attached hydrogens (primary N) is 2. The number of aliphatic hydroxyl groups excluding tert-OH is 1. The van der Waals surface area contributed by atoms with Gasteiger partial charge in [-0.3, -0.25) is 43.2 Å². The van der Waals surface area contributed by atoms with Crippen LogP contribution < -0.4 is 48.7 Å². The van der Waals surface area contributed by atoms with Gasteiger partial charge in [0.1, 0.15) is 36.3 Å². The Morgan fingerprint density at radius 2 is 1.09 bits per heavy atom. The van der Waals surface area contributed by atoms with Crippen molar-refractivity contribution < 1.29 is 68.4 Å². The summed E-state index contributed by atoms with van der Waals surface area (Å²) in [6.45, 7) is 5.46. The number of amides is 7. The van der Waals surface area contributed by atoms with Crippen LogP contribution in [0.1, 0.15) is 84.6 Å². The van der Waals surface area contributed by atoms with E-state index in [2.05, 4.69) is 37.2 Å². The number of carboxylic acids is 3. The summed E-state index contributed by atoms with van der Waals surface area (Å²) < 4.78 is 0. The number of aliphatic hydroxyl groups is 1. The lowest BCUT2D eigenvalue weighted by Crippen LogP contribution is -2.59. The molecular formula is C41H65N9O14. The lowest BCUT2D eigenvalue weighted by atomic mass is 10.0. The van der Waals surface area contributed by atoms with E-state index in [1.54, 1.807) is 58.0 Å². The Balaban J connectivity index is 3.15. The first kappa shape index (κ1) is 55.8. The highest BCUT2D eigenvalue weighted by Gasteiger charge is 2.33. The highest BCUT2D eigenvalue weighted by atomic mass is 16.4. The van der Waals surface area contributed by atoms with Gasteiger partial charge in [0.2, 0.25) is 41.4 Å². The Bertz CT molecular complexity index is 1750. The third-order valence-corrected chi connectivity index (χ3v) is 9.43. The smallest absolute Gasteiger partial charge is 0.326 e. The number of hydrogen-bond acceptors (Lipinski definition) is 13. The molecule has 358 valence electrons. The van der Waals surface area contributed by atoms with Crippen LogP contribution >= 0.6 is 0 Å². The predicted octanol–water partition coefficient (Wildman–Crippen LogP) is -2.78. The van der Waals surface area contributed by atoms with E-state index in [1.807, 2.05) is 0 Å². The number of nitrogens with one attached hydrogen (secondary N) is 7. The largest absolute Gasteiger partial charge is 0.481 e. The van der Waals surface area contributed by atoms with E-state index in [-0.39, 0.29) is 44.1 Å². The minimum absolute atomic E-state index is 0.00783. The van der Waals surface area contributed by atoms with Gasteiger partial charge in [-0.15, -0.1) is 0 Å². The first-order valence-corrected chi connectivity index (χ1v) is 20.9. The molecule has 0 heterocycles. The van der Waals surface area contributed by atoms with E-state index in [0.717, 1.165) is 0 Å². The van der Waals surface area contributed by atoms with Gasteiger partial charge in [-0.05, 0) is 62.5 Å². The summed E-state index contributed by atoms with van der Waals surface area (Å²) in [5.74, 6) is -11.1. The predicted molar refractivity (Wildman–Crippen MR) is 228 cm³/mol. The molecule has 0 aliphatic heterocycles. The molecule has 0 aliphatic carbocycles. The number of benzene rings is 1. The third-order valence-electron chi connectivity index (χ3n) is 9.43. The second-order valence-corrected chi connectivity index (χ2v) is 16.0. The fraction of sp³-hybridized carbons (Fsp3) is 0.610. The summed E-state index contributed by atoms with van der Waals surface area (Å²) in [6, 6.07) is -1.51. The highest BCUT2D eigenvalue weighted by molar-refractivity contribution is 5.97. The average Bonchev–Trinajstić information content (AvgIpc) is 3.21. The monoisotopic (exact) mass is 907 g/mol. The van der Waals surface area contributed by atoms with Gasteiger partial charge in [0, 0.05) is 12.8 Å². The van der Waals surface area contributed by atoms with Gasteiger partial charge < -0.3 is 69.1 Å². The van der Waals surface area contributed by atoms with Crippen LogP contribution in [-0.2, 0) is 54.4 Å². The Kier molecular flexibility index (Phi) is 25.5. The molecule has 0 aliphatic rings. The second kappa shape index (κ2) is 29.2. The maximum atomic E-state index is 13.8. The molecule has 23 nitrogen and oxygen atoms in total. The van der Waals surface area contributed by atoms with Crippen molar-refractivity contribution in [3.63, 3.8) is 0 Å². The third kappa shape index (κ3) is 22.2. The van der Waals surface area contributed by atoms with Crippen LogP contribution in [0.25, 0.3) is 0 Å². The summed E-state index contributed by atoms with van der Waals surface area (Å²) in [5, 5.41) is 54.6. The minimum Gasteiger partial charge on any atom is -0.481 e. The Labute approximate surface area is 371 Å². The molecule has 1 rings (SSSR count). The van der Waals surface area contributed by atoms with Gasteiger partial charge in [0.15, 0.2) is 0 Å². The first-order valence-electron chi connectivity index (χ1n) is 20.9. The van der Waals surface area contributed by atoms with Crippen molar-refractivity contribution >= 4 is 59.3 Å². The van der Waals surface area contributed by atoms with E-state index in [4.69, 9.17) is 16.6 Å². The number of hydrogen-bond donors (Lipinski definition) is 13. The number of carbonyl (C=O) groups excluding carboxylic acids is 7. The highest BCUT2D eigenvalue weighted by Crippen LogP contribution is 2.10. The quantitative estimate of drug-likeness (QED) is 0.0335. The fourth-order valence-corrected chi connectivity index (χ4v) is 6.15. The zero-order valence-corrected chi connectivity index (χ0v) is 36.6. The molecule has 0 radical (unpaired) electrons. The Morgan fingerprint density at radius 1 is 0.578 bits per heavy atom. The maximum absolute atomic E-state index is 13.8. The van der Waals surface area contributed by atoms with Gasteiger partial charge in [0.25, 0.3) is 0 Å². The molecule has 0 fully saturated rings. The molecule has 0 spiro atoms. The lowest BCUT2D eigenvalue weighted by molar-refractivity contribution is -0.143. The number of rotatable bonds is 31. The fourth-order valence-electron chi connectivity index (χ4n) is 6.15. The Morgan fingerprint density at radius 3 is 1.62 bits per heavy atom. The van der Waals surface area contributed by atoms with Crippen molar-refractivity contribution in [2.45, 2.75) is 128 Å². The number of carbonyl (C=O) groups is 10. The van der Waals surface area contributed by atoms with Crippen molar-refractivity contribution in [2.24, 2.45) is 23.3 Å². The van der Waals surface area contributed by atoms with Gasteiger partial charge in [-0.2, -0.15) is 0 Å².